The number of anilines is 2. The highest BCUT2D eigenvalue weighted by Gasteiger charge is 2.06. The van der Waals surface area contributed by atoms with Gasteiger partial charge in [0.25, 0.3) is 0 Å². The molecular weight excluding hydrogens is 252 g/mol. The lowest BCUT2D eigenvalue weighted by atomic mass is 10.1. The van der Waals surface area contributed by atoms with E-state index in [4.69, 9.17) is 10.5 Å². The van der Waals surface area contributed by atoms with Crippen LogP contribution in [-0.4, -0.2) is 12.5 Å². The number of amides is 1. The number of carbonyl (C=O) groups excluding carboxylic acids is 1. The van der Waals surface area contributed by atoms with E-state index < -0.39 is 0 Å². The summed E-state index contributed by atoms with van der Waals surface area (Å²) < 4.78 is 5.48. The molecule has 0 unspecified atom stereocenters. The molecule has 0 spiro atoms. The highest BCUT2D eigenvalue weighted by molar-refractivity contribution is 5.92. The maximum absolute atomic E-state index is 11.8. The van der Waals surface area contributed by atoms with Gasteiger partial charge in [-0.15, -0.1) is 0 Å². The molecule has 0 heterocycles. The number of para-hydroxylation sites is 1. The molecule has 4 nitrogen and oxygen atoms in total. The Morgan fingerprint density at radius 2 is 1.90 bits per heavy atom. The van der Waals surface area contributed by atoms with Gasteiger partial charge in [0.2, 0.25) is 5.91 Å². The highest BCUT2D eigenvalue weighted by Crippen LogP contribution is 2.20. The summed E-state index contributed by atoms with van der Waals surface area (Å²) in [4.78, 5) is 11.8. The Hall–Kier alpha value is -2.49. The van der Waals surface area contributed by atoms with E-state index in [0.717, 1.165) is 17.0 Å². The molecule has 0 radical (unpaired) electrons. The zero-order valence-corrected chi connectivity index (χ0v) is 11.4. The van der Waals surface area contributed by atoms with Crippen LogP contribution in [0.5, 0.6) is 5.75 Å². The summed E-state index contributed by atoms with van der Waals surface area (Å²) in [7, 11) is 0. The van der Waals surface area contributed by atoms with E-state index in [2.05, 4.69) is 5.32 Å². The topological polar surface area (TPSA) is 64.3 Å². The molecule has 0 aliphatic rings. The number of rotatable bonds is 5. The van der Waals surface area contributed by atoms with E-state index in [1.54, 1.807) is 0 Å². The molecular formula is C16H18N2O2. The number of hydrogen-bond donors (Lipinski definition) is 2. The molecule has 2 rings (SSSR count). The molecule has 2 aromatic rings. The summed E-state index contributed by atoms with van der Waals surface area (Å²) in [5, 5.41) is 2.84. The average molecular weight is 270 g/mol. The van der Waals surface area contributed by atoms with Crippen molar-refractivity contribution in [2.45, 2.75) is 13.3 Å². The Morgan fingerprint density at radius 3 is 2.65 bits per heavy atom. The fraction of sp³-hybridized carbons (Fsp3) is 0.188. The van der Waals surface area contributed by atoms with Gasteiger partial charge >= 0.3 is 0 Å². The first-order chi connectivity index (χ1) is 9.66. The van der Waals surface area contributed by atoms with Crippen LogP contribution in [0.1, 0.15) is 12.0 Å². The smallest absolute Gasteiger partial charge is 0.227 e. The Bertz CT molecular complexity index is 582. The average Bonchev–Trinajstić information content (AvgIpc) is 2.45. The van der Waals surface area contributed by atoms with E-state index in [9.17, 15) is 4.79 Å². The van der Waals surface area contributed by atoms with Crippen molar-refractivity contribution in [3.8, 4) is 5.75 Å². The van der Waals surface area contributed by atoms with Gasteiger partial charge in [0.05, 0.1) is 13.0 Å². The van der Waals surface area contributed by atoms with E-state index in [1.807, 2.05) is 55.5 Å². The first-order valence-corrected chi connectivity index (χ1v) is 6.49. The summed E-state index contributed by atoms with van der Waals surface area (Å²) in [6.45, 7) is 2.22. The summed E-state index contributed by atoms with van der Waals surface area (Å²) in [5.41, 5.74) is 8.09. The summed E-state index contributed by atoms with van der Waals surface area (Å²) in [5.74, 6) is 0.676. The summed E-state index contributed by atoms with van der Waals surface area (Å²) in [6, 6.07) is 14.9. The van der Waals surface area contributed by atoms with Crippen molar-refractivity contribution < 1.29 is 9.53 Å². The van der Waals surface area contributed by atoms with Gasteiger partial charge in [-0.3, -0.25) is 4.79 Å². The van der Waals surface area contributed by atoms with Crippen LogP contribution in [0.15, 0.2) is 48.5 Å². The van der Waals surface area contributed by atoms with Crippen molar-refractivity contribution >= 4 is 17.3 Å². The fourth-order valence-electron chi connectivity index (χ4n) is 1.78. The van der Waals surface area contributed by atoms with Crippen LogP contribution in [0.25, 0.3) is 0 Å². The Labute approximate surface area is 118 Å². The lowest BCUT2D eigenvalue weighted by Crippen LogP contribution is -2.16. The standard InChI is InChI=1S/C16H18N2O2/c1-12-14(17)8-5-9-15(12)18-16(19)10-11-20-13-6-3-2-4-7-13/h2-9H,10-11,17H2,1H3,(H,18,19). The lowest BCUT2D eigenvalue weighted by molar-refractivity contribution is -0.116. The molecule has 0 saturated carbocycles. The number of nitrogens with two attached hydrogens (primary N) is 1. The molecule has 1 amide bonds. The third-order valence-corrected chi connectivity index (χ3v) is 2.99. The number of benzene rings is 2. The monoisotopic (exact) mass is 270 g/mol. The maximum atomic E-state index is 11.8. The second-order valence-electron chi connectivity index (χ2n) is 4.48. The quantitative estimate of drug-likeness (QED) is 0.821. The Balaban J connectivity index is 1.82. The Morgan fingerprint density at radius 1 is 1.15 bits per heavy atom. The fourth-order valence-corrected chi connectivity index (χ4v) is 1.78. The first-order valence-electron chi connectivity index (χ1n) is 6.49. The van der Waals surface area contributed by atoms with Crippen LogP contribution in [-0.2, 0) is 4.79 Å². The molecule has 3 N–H and O–H groups in total. The molecule has 2 aromatic carbocycles. The van der Waals surface area contributed by atoms with Crippen LogP contribution in [0.4, 0.5) is 11.4 Å². The Kier molecular flexibility index (Phi) is 4.60. The second kappa shape index (κ2) is 6.61. The predicted octanol–water partition coefficient (Wildman–Crippen LogP) is 2.98. The summed E-state index contributed by atoms with van der Waals surface area (Å²) >= 11 is 0. The number of hydrogen-bond acceptors (Lipinski definition) is 3. The van der Waals surface area contributed by atoms with Crippen LogP contribution >= 0.6 is 0 Å². The van der Waals surface area contributed by atoms with Gasteiger partial charge in [-0.1, -0.05) is 24.3 Å². The molecule has 0 aromatic heterocycles. The van der Waals surface area contributed by atoms with Crippen molar-refractivity contribution in [3.05, 3.63) is 54.1 Å². The normalized spacial score (nSPS) is 10.1. The van der Waals surface area contributed by atoms with Gasteiger partial charge in [-0.25, -0.2) is 0 Å². The zero-order valence-electron chi connectivity index (χ0n) is 11.4. The van der Waals surface area contributed by atoms with Crippen LogP contribution < -0.4 is 15.8 Å². The number of carbonyl (C=O) groups is 1. The second-order valence-corrected chi connectivity index (χ2v) is 4.48. The van der Waals surface area contributed by atoms with Crippen LogP contribution in [0, 0.1) is 6.92 Å². The molecule has 0 saturated heterocycles. The van der Waals surface area contributed by atoms with Crippen molar-refractivity contribution in [3.63, 3.8) is 0 Å². The van der Waals surface area contributed by atoms with Crippen molar-refractivity contribution in [1.82, 2.24) is 0 Å². The lowest BCUT2D eigenvalue weighted by Gasteiger charge is -2.10. The number of nitrogens with one attached hydrogen (secondary N) is 1. The molecule has 0 atom stereocenters. The van der Waals surface area contributed by atoms with E-state index in [0.29, 0.717) is 18.7 Å². The molecule has 4 heteroatoms. The molecule has 0 fully saturated rings. The number of ether oxygens (including phenoxy) is 1. The van der Waals surface area contributed by atoms with Gasteiger partial charge in [-0.05, 0) is 36.8 Å². The van der Waals surface area contributed by atoms with Crippen molar-refractivity contribution in [1.29, 1.82) is 0 Å². The van der Waals surface area contributed by atoms with Gasteiger partial charge in [0.15, 0.2) is 0 Å². The van der Waals surface area contributed by atoms with Gasteiger partial charge in [0, 0.05) is 11.4 Å². The van der Waals surface area contributed by atoms with E-state index >= 15 is 0 Å². The van der Waals surface area contributed by atoms with Crippen molar-refractivity contribution in [2.24, 2.45) is 0 Å². The van der Waals surface area contributed by atoms with Gasteiger partial charge < -0.3 is 15.8 Å². The molecule has 104 valence electrons. The maximum Gasteiger partial charge on any atom is 0.227 e. The molecule has 20 heavy (non-hydrogen) atoms. The van der Waals surface area contributed by atoms with Crippen LogP contribution in [0.2, 0.25) is 0 Å². The van der Waals surface area contributed by atoms with Crippen LogP contribution in [0.3, 0.4) is 0 Å². The zero-order chi connectivity index (χ0) is 14.4. The SMILES string of the molecule is Cc1c(N)cccc1NC(=O)CCOc1ccccc1. The third kappa shape index (κ3) is 3.75. The molecule has 0 aliphatic carbocycles. The minimum Gasteiger partial charge on any atom is -0.493 e. The largest absolute Gasteiger partial charge is 0.493 e. The molecule has 0 aliphatic heterocycles. The van der Waals surface area contributed by atoms with E-state index in [1.165, 1.54) is 0 Å². The molecule has 0 bridgehead atoms. The minimum atomic E-state index is -0.0883. The highest BCUT2D eigenvalue weighted by atomic mass is 16.5. The summed E-state index contributed by atoms with van der Waals surface area (Å²) in [6.07, 6.45) is 0.295. The predicted molar refractivity (Wildman–Crippen MR) is 80.8 cm³/mol. The van der Waals surface area contributed by atoms with Crippen molar-refractivity contribution in [2.75, 3.05) is 17.7 Å². The third-order valence-electron chi connectivity index (χ3n) is 2.99. The first kappa shape index (κ1) is 13.9. The van der Waals surface area contributed by atoms with Gasteiger partial charge in [0.1, 0.15) is 5.75 Å². The number of nitrogen functional groups attached to an aromatic ring is 1. The van der Waals surface area contributed by atoms with Gasteiger partial charge in [-0.2, -0.15) is 0 Å². The minimum absolute atomic E-state index is 0.0883. The van der Waals surface area contributed by atoms with E-state index in [-0.39, 0.29) is 5.91 Å².